The maximum absolute atomic E-state index is 13.5. The highest BCUT2D eigenvalue weighted by molar-refractivity contribution is 5.78. The Kier molecular flexibility index (Phi) is 6.60. The average molecular weight is 440 g/mol. The lowest BCUT2D eigenvalue weighted by atomic mass is 9.95. The number of piperidine rings is 1. The number of carbonyl (C=O) groups excluding carboxylic acids is 1. The number of nitrogens with one attached hydrogen (secondary N) is 1. The smallest absolute Gasteiger partial charge is 0.244 e. The van der Waals surface area contributed by atoms with Gasteiger partial charge in [-0.15, -0.1) is 0 Å². The van der Waals surface area contributed by atoms with Crippen LogP contribution in [0.15, 0.2) is 47.0 Å². The van der Waals surface area contributed by atoms with Crippen molar-refractivity contribution in [1.29, 1.82) is 0 Å². The van der Waals surface area contributed by atoms with Gasteiger partial charge in [0.05, 0.1) is 6.04 Å². The van der Waals surface area contributed by atoms with Crippen molar-refractivity contribution in [3.05, 3.63) is 71.1 Å². The van der Waals surface area contributed by atoms with Gasteiger partial charge in [-0.1, -0.05) is 17.3 Å². The van der Waals surface area contributed by atoms with Crippen molar-refractivity contribution < 1.29 is 18.1 Å². The highest BCUT2D eigenvalue weighted by Crippen LogP contribution is 2.28. The molecule has 2 aromatic carbocycles. The molecule has 1 aliphatic rings. The van der Waals surface area contributed by atoms with Crippen molar-refractivity contribution in [2.24, 2.45) is 5.92 Å². The topological polar surface area (TPSA) is 71.3 Å². The Labute approximate surface area is 185 Å². The fourth-order valence-electron chi connectivity index (χ4n) is 3.95. The third kappa shape index (κ3) is 5.02. The van der Waals surface area contributed by atoms with Gasteiger partial charge in [-0.3, -0.25) is 9.69 Å². The lowest BCUT2D eigenvalue weighted by molar-refractivity contribution is -0.126. The van der Waals surface area contributed by atoms with Crippen molar-refractivity contribution in [3.63, 3.8) is 0 Å². The summed E-state index contributed by atoms with van der Waals surface area (Å²) < 4.78 is 32.0. The van der Waals surface area contributed by atoms with Crippen molar-refractivity contribution in [3.8, 4) is 11.4 Å². The second-order valence-corrected chi connectivity index (χ2v) is 8.25. The molecule has 0 aliphatic carbocycles. The summed E-state index contributed by atoms with van der Waals surface area (Å²) in [5.74, 6) is 0.344. The van der Waals surface area contributed by atoms with Crippen molar-refractivity contribution >= 4 is 5.91 Å². The van der Waals surface area contributed by atoms with Gasteiger partial charge >= 0.3 is 0 Å². The maximum atomic E-state index is 13.5. The number of aryl methyl sites for hydroxylation is 1. The molecule has 1 unspecified atom stereocenters. The number of hydrogen-bond donors (Lipinski definition) is 1. The van der Waals surface area contributed by atoms with Gasteiger partial charge in [0.25, 0.3) is 0 Å². The molecule has 1 fully saturated rings. The van der Waals surface area contributed by atoms with Gasteiger partial charge in [-0.05, 0) is 81.2 Å². The minimum Gasteiger partial charge on any atom is -0.352 e. The van der Waals surface area contributed by atoms with Crippen LogP contribution in [-0.2, 0) is 11.3 Å². The SMILES string of the molecule is Cc1cc(-c2noc(C(C)N3CCC(C(=O)NCc4ccc(F)cc4)CC3)n2)ccc1F. The molecule has 1 aromatic heterocycles. The summed E-state index contributed by atoms with van der Waals surface area (Å²) in [6.45, 7) is 5.57. The molecule has 1 atom stereocenters. The summed E-state index contributed by atoms with van der Waals surface area (Å²) >= 11 is 0. The summed E-state index contributed by atoms with van der Waals surface area (Å²) in [4.78, 5) is 19.2. The van der Waals surface area contributed by atoms with E-state index in [2.05, 4.69) is 20.4 Å². The summed E-state index contributed by atoms with van der Waals surface area (Å²) in [6, 6.07) is 10.8. The molecule has 4 rings (SSSR count). The third-order valence-electron chi connectivity index (χ3n) is 6.04. The number of amides is 1. The predicted octanol–water partition coefficient (Wildman–Crippen LogP) is 4.41. The molecule has 1 aliphatic heterocycles. The fraction of sp³-hybridized carbons (Fsp3) is 0.375. The van der Waals surface area contributed by atoms with Gasteiger partial charge in [-0.25, -0.2) is 8.78 Å². The van der Waals surface area contributed by atoms with Crippen molar-refractivity contribution in [2.45, 2.75) is 39.3 Å². The second kappa shape index (κ2) is 9.56. The summed E-state index contributed by atoms with van der Waals surface area (Å²) in [6.07, 6.45) is 1.47. The lowest BCUT2D eigenvalue weighted by Crippen LogP contribution is -2.41. The zero-order valence-electron chi connectivity index (χ0n) is 18.1. The monoisotopic (exact) mass is 440 g/mol. The number of carbonyl (C=O) groups is 1. The Morgan fingerprint density at radius 2 is 1.91 bits per heavy atom. The minimum absolute atomic E-state index is 0.0217. The highest BCUT2D eigenvalue weighted by atomic mass is 19.1. The van der Waals surface area contributed by atoms with Crippen molar-refractivity contribution in [2.75, 3.05) is 13.1 Å². The van der Waals surface area contributed by atoms with Crippen LogP contribution < -0.4 is 5.32 Å². The van der Waals surface area contributed by atoms with Gasteiger partial charge in [0.1, 0.15) is 11.6 Å². The Morgan fingerprint density at radius 1 is 1.19 bits per heavy atom. The van der Waals surface area contributed by atoms with Crippen LogP contribution in [0.4, 0.5) is 8.78 Å². The van der Waals surface area contributed by atoms with Gasteiger partial charge in [-0.2, -0.15) is 4.98 Å². The Morgan fingerprint density at radius 3 is 2.59 bits per heavy atom. The van der Waals surface area contributed by atoms with Gasteiger partial charge < -0.3 is 9.84 Å². The first-order valence-corrected chi connectivity index (χ1v) is 10.8. The van der Waals surface area contributed by atoms with E-state index in [1.807, 2.05) is 6.92 Å². The van der Waals surface area contributed by atoms with E-state index < -0.39 is 0 Å². The van der Waals surface area contributed by atoms with E-state index in [-0.39, 0.29) is 29.5 Å². The van der Waals surface area contributed by atoms with Crippen LogP contribution >= 0.6 is 0 Å². The molecule has 6 nitrogen and oxygen atoms in total. The zero-order chi connectivity index (χ0) is 22.7. The van der Waals surface area contributed by atoms with Crippen LogP contribution in [0.1, 0.15) is 42.8 Å². The molecule has 0 saturated carbocycles. The van der Waals surface area contributed by atoms with E-state index in [1.165, 1.54) is 18.2 Å². The summed E-state index contributed by atoms with van der Waals surface area (Å²) in [7, 11) is 0. The van der Waals surface area contributed by atoms with E-state index in [0.29, 0.717) is 29.4 Å². The number of nitrogens with zero attached hydrogens (tertiary/aromatic N) is 3. The maximum Gasteiger partial charge on any atom is 0.244 e. The Balaban J connectivity index is 1.30. The third-order valence-corrected chi connectivity index (χ3v) is 6.04. The lowest BCUT2D eigenvalue weighted by Gasteiger charge is -2.33. The zero-order valence-corrected chi connectivity index (χ0v) is 18.1. The molecule has 2 heterocycles. The number of halogens is 2. The molecule has 1 amide bonds. The molecule has 3 aromatic rings. The van der Waals surface area contributed by atoms with Crippen molar-refractivity contribution in [1.82, 2.24) is 20.4 Å². The average Bonchev–Trinajstić information content (AvgIpc) is 3.30. The molecule has 1 saturated heterocycles. The first kappa shape index (κ1) is 22.1. The fourth-order valence-corrected chi connectivity index (χ4v) is 3.95. The number of likely N-dealkylation sites (tertiary alicyclic amines) is 1. The standard InChI is InChI=1S/C24H26F2N4O2/c1-15-13-19(5-8-21(15)26)22-28-24(32-29-22)16(2)30-11-9-18(10-12-30)23(31)27-14-17-3-6-20(25)7-4-17/h3-8,13,16,18H,9-12,14H2,1-2H3,(H,27,31). The van der Waals surface area contributed by atoms with Crippen LogP contribution in [0.3, 0.4) is 0 Å². The minimum atomic E-state index is -0.289. The van der Waals surface area contributed by atoms with Crippen LogP contribution in [0.5, 0.6) is 0 Å². The molecular formula is C24H26F2N4O2. The summed E-state index contributed by atoms with van der Waals surface area (Å²) in [5, 5.41) is 7.00. The Bertz CT molecular complexity index is 1080. The molecular weight excluding hydrogens is 414 g/mol. The molecule has 0 spiro atoms. The summed E-state index contributed by atoms with van der Waals surface area (Å²) in [5.41, 5.74) is 2.11. The first-order valence-electron chi connectivity index (χ1n) is 10.8. The van der Waals surface area contributed by atoms with E-state index in [4.69, 9.17) is 4.52 Å². The predicted molar refractivity (Wildman–Crippen MR) is 115 cm³/mol. The quantitative estimate of drug-likeness (QED) is 0.615. The van der Waals surface area contributed by atoms with Crippen LogP contribution in [-0.4, -0.2) is 34.0 Å². The van der Waals surface area contributed by atoms with Crippen LogP contribution in [0, 0.1) is 24.5 Å². The number of hydrogen-bond acceptors (Lipinski definition) is 5. The number of benzene rings is 2. The van der Waals surface area contributed by atoms with Crippen LogP contribution in [0.2, 0.25) is 0 Å². The van der Waals surface area contributed by atoms with E-state index in [0.717, 1.165) is 31.5 Å². The van der Waals surface area contributed by atoms with E-state index in [9.17, 15) is 13.6 Å². The van der Waals surface area contributed by atoms with Gasteiger partial charge in [0.2, 0.25) is 17.6 Å². The largest absolute Gasteiger partial charge is 0.352 e. The molecule has 8 heteroatoms. The normalized spacial score (nSPS) is 16.1. The van der Waals surface area contributed by atoms with E-state index in [1.54, 1.807) is 31.2 Å². The number of aromatic nitrogens is 2. The van der Waals surface area contributed by atoms with Gasteiger partial charge in [0.15, 0.2) is 0 Å². The highest BCUT2D eigenvalue weighted by Gasteiger charge is 2.30. The first-order chi connectivity index (χ1) is 15.4. The number of rotatable bonds is 6. The molecule has 168 valence electrons. The molecule has 0 radical (unpaired) electrons. The van der Waals surface area contributed by atoms with E-state index >= 15 is 0 Å². The molecule has 32 heavy (non-hydrogen) atoms. The Hall–Kier alpha value is -3.13. The van der Waals surface area contributed by atoms with Crippen LogP contribution in [0.25, 0.3) is 11.4 Å². The molecule has 1 N–H and O–H groups in total. The van der Waals surface area contributed by atoms with Gasteiger partial charge in [0, 0.05) is 18.0 Å². The second-order valence-electron chi connectivity index (χ2n) is 8.25. The molecule has 0 bridgehead atoms.